The molecule has 2 rings (SSSR count). The third-order valence-electron chi connectivity index (χ3n) is 3.64. The summed E-state index contributed by atoms with van der Waals surface area (Å²) in [4.78, 5) is 12.4. The molecule has 2 aromatic carbocycles. The van der Waals surface area contributed by atoms with Crippen LogP contribution in [-0.2, 0) is 0 Å². The summed E-state index contributed by atoms with van der Waals surface area (Å²) in [6.45, 7) is -2.86. The number of hydrogen-bond acceptors (Lipinski definition) is 5. The molecule has 0 aliphatic rings. The Bertz CT molecular complexity index is 722. The Labute approximate surface area is 162 Å². The minimum atomic E-state index is -3.05. The Balaban J connectivity index is 0.00000364. The van der Waals surface area contributed by atoms with E-state index in [-0.39, 0.29) is 47.8 Å². The Hall–Kier alpha value is -2.58. The van der Waals surface area contributed by atoms with Crippen molar-refractivity contribution >= 4 is 18.3 Å². The van der Waals surface area contributed by atoms with Crippen molar-refractivity contribution in [3.05, 3.63) is 53.6 Å². The zero-order valence-electron chi connectivity index (χ0n) is 14.8. The first-order valence-electron chi connectivity index (χ1n) is 7.75. The highest BCUT2D eigenvalue weighted by molar-refractivity contribution is 5.95. The van der Waals surface area contributed by atoms with Gasteiger partial charge in [-0.3, -0.25) is 4.79 Å². The Kier molecular flexibility index (Phi) is 8.77. The molecule has 2 aromatic rings. The molecule has 1 amide bonds. The number of halogens is 3. The number of methoxy groups -OCH3 is 2. The van der Waals surface area contributed by atoms with Crippen molar-refractivity contribution in [3.8, 4) is 17.2 Å². The molecule has 0 saturated heterocycles. The van der Waals surface area contributed by atoms with Crippen LogP contribution < -0.4 is 25.3 Å². The molecule has 3 N–H and O–H groups in total. The van der Waals surface area contributed by atoms with Gasteiger partial charge in [-0.25, -0.2) is 0 Å². The average Bonchev–Trinajstić information content (AvgIpc) is 2.66. The molecule has 1 atom stereocenters. The van der Waals surface area contributed by atoms with E-state index in [0.29, 0.717) is 0 Å². The molecule has 148 valence electrons. The van der Waals surface area contributed by atoms with Gasteiger partial charge >= 0.3 is 6.61 Å². The lowest BCUT2D eigenvalue weighted by atomic mass is 10.1. The molecule has 1 unspecified atom stereocenters. The van der Waals surface area contributed by atoms with Crippen LogP contribution in [0.25, 0.3) is 0 Å². The number of nitrogens with two attached hydrogens (primary N) is 1. The summed E-state index contributed by atoms with van der Waals surface area (Å²) in [6, 6.07) is 11.5. The first kappa shape index (κ1) is 22.5. The van der Waals surface area contributed by atoms with Crippen LogP contribution in [0, 0.1) is 0 Å². The topological polar surface area (TPSA) is 82.8 Å². The number of carbonyl (C=O) groups is 1. The number of nitrogens with one attached hydrogen (secondary N) is 1. The van der Waals surface area contributed by atoms with Gasteiger partial charge in [-0.1, -0.05) is 30.3 Å². The van der Waals surface area contributed by atoms with Gasteiger partial charge in [-0.2, -0.15) is 8.78 Å². The summed E-state index contributed by atoms with van der Waals surface area (Å²) in [5.41, 5.74) is 7.09. The van der Waals surface area contributed by atoms with Crippen LogP contribution in [0.3, 0.4) is 0 Å². The van der Waals surface area contributed by atoms with Crippen molar-refractivity contribution in [1.82, 2.24) is 5.32 Å². The van der Waals surface area contributed by atoms with Crippen molar-refractivity contribution in [3.63, 3.8) is 0 Å². The molecule has 0 aromatic heterocycles. The number of rotatable bonds is 8. The maximum absolute atomic E-state index is 12.6. The first-order valence-corrected chi connectivity index (χ1v) is 7.75. The van der Waals surface area contributed by atoms with Crippen LogP contribution in [0.15, 0.2) is 42.5 Å². The number of ether oxygens (including phenoxy) is 3. The minimum Gasteiger partial charge on any atom is -0.493 e. The molecule has 0 bridgehead atoms. The lowest BCUT2D eigenvalue weighted by molar-refractivity contribution is -0.0526. The molecular weight excluding hydrogens is 382 g/mol. The molecule has 0 aliphatic carbocycles. The molecule has 6 nitrogen and oxygen atoms in total. The summed E-state index contributed by atoms with van der Waals surface area (Å²) >= 11 is 0. The SMILES string of the molecule is COc1cc(C(=O)NCC(N)c2ccccc2)cc(OC)c1OC(F)F.Cl. The van der Waals surface area contributed by atoms with E-state index in [1.165, 1.54) is 26.4 Å². The maximum Gasteiger partial charge on any atom is 0.387 e. The van der Waals surface area contributed by atoms with Gasteiger partial charge in [0.1, 0.15) is 0 Å². The summed E-state index contributed by atoms with van der Waals surface area (Å²) < 4.78 is 39.6. The predicted octanol–water partition coefficient (Wildman–Crippen LogP) is 3.16. The number of hydrogen-bond donors (Lipinski definition) is 2. The highest BCUT2D eigenvalue weighted by Crippen LogP contribution is 2.39. The van der Waals surface area contributed by atoms with E-state index in [9.17, 15) is 13.6 Å². The van der Waals surface area contributed by atoms with Crippen LogP contribution in [0.2, 0.25) is 0 Å². The third-order valence-corrected chi connectivity index (χ3v) is 3.64. The molecule has 27 heavy (non-hydrogen) atoms. The molecule has 0 aliphatic heterocycles. The fourth-order valence-corrected chi connectivity index (χ4v) is 2.34. The average molecular weight is 403 g/mol. The predicted molar refractivity (Wildman–Crippen MR) is 99.1 cm³/mol. The van der Waals surface area contributed by atoms with Crippen LogP contribution in [0.1, 0.15) is 22.0 Å². The van der Waals surface area contributed by atoms with Crippen molar-refractivity contribution in [1.29, 1.82) is 0 Å². The fourth-order valence-electron chi connectivity index (χ4n) is 2.34. The second kappa shape index (κ2) is 10.5. The summed E-state index contributed by atoms with van der Waals surface area (Å²) in [5.74, 6) is -0.802. The highest BCUT2D eigenvalue weighted by Gasteiger charge is 2.20. The van der Waals surface area contributed by atoms with E-state index in [2.05, 4.69) is 10.1 Å². The van der Waals surface area contributed by atoms with E-state index in [4.69, 9.17) is 15.2 Å². The van der Waals surface area contributed by atoms with Crippen molar-refractivity contribution in [2.45, 2.75) is 12.7 Å². The van der Waals surface area contributed by atoms with Gasteiger partial charge < -0.3 is 25.3 Å². The molecular formula is C18H21ClF2N2O4. The molecule has 0 fully saturated rings. The quantitative estimate of drug-likeness (QED) is 0.708. The normalized spacial score (nSPS) is 11.3. The third kappa shape index (κ3) is 5.97. The Morgan fingerprint density at radius 2 is 1.67 bits per heavy atom. The van der Waals surface area contributed by atoms with Gasteiger partial charge in [-0.15, -0.1) is 12.4 Å². The summed E-state index contributed by atoms with van der Waals surface area (Å²) in [5, 5.41) is 2.70. The lowest BCUT2D eigenvalue weighted by Crippen LogP contribution is -2.31. The molecule has 0 radical (unpaired) electrons. The van der Waals surface area contributed by atoms with Crippen LogP contribution in [0.5, 0.6) is 17.2 Å². The van der Waals surface area contributed by atoms with Crippen LogP contribution in [0.4, 0.5) is 8.78 Å². The standard InChI is InChI=1S/C18H20F2N2O4.ClH/c1-24-14-8-12(9-15(25-2)16(14)26-18(19)20)17(23)22-10-13(21)11-6-4-3-5-7-11;/h3-9,13,18H,10,21H2,1-2H3,(H,22,23);1H. The van der Waals surface area contributed by atoms with Crippen molar-refractivity contribution in [2.24, 2.45) is 5.73 Å². The van der Waals surface area contributed by atoms with E-state index in [0.717, 1.165) is 5.56 Å². The van der Waals surface area contributed by atoms with Gasteiger partial charge in [0.2, 0.25) is 5.75 Å². The van der Waals surface area contributed by atoms with Crippen molar-refractivity contribution < 1.29 is 27.8 Å². The second-order valence-electron chi connectivity index (χ2n) is 5.32. The monoisotopic (exact) mass is 402 g/mol. The number of carbonyl (C=O) groups excluding carboxylic acids is 1. The highest BCUT2D eigenvalue weighted by atomic mass is 35.5. The molecule has 0 saturated carbocycles. The van der Waals surface area contributed by atoms with E-state index in [1.807, 2.05) is 30.3 Å². The minimum absolute atomic E-state index is 0. The molecule has 9 heteroatoms. The summed E-state index contributed by atoms with van der Waals surface area (Å²) in [6.07, 6.45) is 0. The molecule has 0 heterocycles. The number of benzene rings is 2. The van der Waals surface area contributed by atoms with Gasteiger partial charge in [0, 0.05) is 18.2 Å². The summed E-state index contributed by atoms with van der Waals surface area (Å²) in [7, 11) is 2.56. The zero-order valence-corrected chi connectivity index (χ0v) is 15.6. The van der Waals surface area contributed by atoms with Gasteiger partial charge in [0.05, 0.1) is 14.2 Å². The number of amides is 1. The second-order valence-corrected chi connectivity index (χ2v) is 5.32. The molecule has 0 spiro atoms. The fraction of sp³-hybridized carbons (Fsp3) is 0.278. The Morgan fingerprint density at radius 1 is 1.11 bits per heavy atom. The lowest BCUT2D eigenvalue weighted by Gasteiger charge is -2.16. The van der Waals surface area contributed by atoms with Crippen LogP contribution in [-0.4, -0.2) is 33.3 Å². The van der Waals surface area contributed by atoms with E-state index >= 15 is 0 Å². The first-order chi connectivity index (χ1) is 12.5. The van der Waals surface area contributed by atoms with E-state index < -0.39 is 12.5 Å². The van der Waals surface area contributed by atoms with Crippen LogP contribution >= 0.6 is 12.4 Å². The van der Waals surface area contributed by atoms with E-state index in [1.54, 1.807) is 0 Å². The van der Waals surface area contributed by atoms with Gasteiger partial charge in [0.25, 0.3) is 5.91 Å². The smallest absolute Gasteiger partial charge is 0.387 e. The van der Waals surface area contributed by atoms with Crippen molar-refractivity contribution in [2.75, 3.05) is 20.8 Å². The van der Waals surface area contributed by atoms with Gasteiger partial charge in [-0.05, 0) is 17.7 Å². The largest absolute Gasteiger partial charge is 0.493 e. The Morgan fingerprint density at radius 3 is 2.15 bits per heavy atom. The van der Waals surface area contributed by atoms with Gasteiger partial charge in [0.15, 0.2) is 11.5 Å². The number of alkyl halides is 2. The maximum atomic E-state index is 12.6. The zero-order chi connectivity index (χ0) is 19.1.